The number of pyridine rings is 1. The Balaban J connectivity index is 1.30. The van der Waals surface area contributed by atoms with E-state index in [2.05, 4.69) is 40.2 Å². The van der Waals surface area contributed by atoms with Gasteiger partial charge >= 0.3 is 0 Å². The zero-order valence-corrected chi connectivity index (χ0v) is 23.4. The summed E-state index contributed by atoms with van der Waals surface area (Å²) in [4.78, 5) is 18.4. The monoisotopic (exact) mass is 526 g/mol. The molecule has 0 atom stereocenters. The van der Waals surface area contributed by atoms with Gasteiger partial charge in [0.2, 0.25) is 0 Å². The summed E-state index contributed by atoms with van der Waals surface area (Å²) in [7, 11) is 1.69. The summed E-state index contributed by atoms with van der Waals surface area (Å²) < 4.78 is 7.31. The Labute approximate surface area is 232 Å². The first-order chi connectivity index (χ1) is 19.2. The molecule has 39 heavy (non-hydrogen) atoms. The Morgan fingerprint density at radius 2 is 1.69 bits per heavy atom. The van der Waals surface area contributed by atoms with Crippen molar-refractivity contribution in [1.82, 2.24) is 19.4 Å². The summed E-state index contributed by atoms with van der Waals surface area (Å²) in [6.07, 6.45) is 17.9. The number of benzene rings is 1. The molecule has 1 aliphatic heterocycles. The van der Waals surface area contributed by atoms with Crippen molar-refractivity contribution in [1.29, 1.82) is 0 Å². The molecule has 6 nitrogen and oxygen atoms in total. The first kappa shape index (κ1) is 26.1. The van der Waals surface area contributed by atoms with Gasteiger partial charge < -0.3 is 9.64 Å². The van der Waals surface area contributed by atoms with Crippen LogP contribution in [0.1, 0.15) is 73.7 Å². The fraction of sp³-hybridized carbons (Fsp3) is 0.515. The lowest BCUT2D eigenvalue weighted by atomic mass is 10.0. The summed E-state index contributed by atoms with van der Waals surface area (Å²) >= 11 is 0. The van der Waals surface area contributed by atoms with Crippen molar-refractivity contribution < 1.29 is 9.53 Å². The molecule has 3 heterocycles. The van der Waals surface area contributed by atoms with Crippen molar-refractivity contribution in [3.05, 3.63) is 59.8 Å². The molecule has 2 aromatic heterocycles. The second-order valence-electron chi connectivity index (χ2n) is 11.8. The summed E-state index contributed by atoms with van der Waals surface area (Å²) in [6, 6.07) is 12.1. The zero-order chi connectivity index (χ0) is 26.6. The number of methoxy groups -OCH3 is 1. The SMILES string of the molecule is COc1ccc(-c2nn3ccc(C(=O)N(CCC4CC4)CCC4CC4)cc3c2/C=C/CN2CCCCC2)cc1. The maximum absolute atomic E-state index is 13.8. The van der Waals surface area contributed by atoms with E-state index in [4.69, 9.17) is 9.84 Å². The van der Waals surface area contributed by atoms with Crippen LogP contribution < -0.4 is 4.74 Å². The first-order valence-electron chi connectivity index (χ1n) is 15.0. The molecule has 0 radical (unpaired) electrons. The minimum Gasteiger partial charge on any atom is -0.497 e. The average Bonchev–Trinajstić information content (AvgIpc) is 3.92. The van der Waals surface area contributed by atoms with Crippen molar-refractivity contribution in [2.24, 2.45) is 11.8 Å². The van der Waals surface area contributed by atoms with Crippen LogP contribution in [-0.4, -0.2) is 65.2 Å². The third kappa shape index (κ3) is 6.55. The van der Waals surface area contributed by atoms with Gasteiger partial charge in [-0.3, -0.25) is 9.69 Å². The smallest absolute Gasteiger partial charge is 0.253 e. The van der Waals surface area contributed by atoms with E-state index in [0.29, 0.717) is 0 Å². The first-order valence-corrected chi connectivity index (χ1v) is 15.0. The number of aromatic nitrogens is 2. The highest BCUT2D eigenvalue weighted by molar-refractivity contribution is 5.96. The highest BCUT2D eigenvalue weighted by Crippen LogP contribution is 2.35. The Kier molecular flexibility index (Phi) is 8.00. The number of likely N-dealkylation sites (tertiary alicyclic amines) is 1. The Morgan fingerprint density at radius 3 is 2.33 bits per heavy atom. The number of carbonyl (C=O) groups excluding carboxylic acids is 1. The minimum absolute atomic E-state index is 0.161. The van der Waals surface area contributed by atoms with Crippen molar-refractivity contribution in [3.63, 3.8) is 0 Å². The fourth-order valence-electron chi connectivity index (χ4n) is 5.77. The lowest BCUT2D eigenvalue weighted by Gasteiger charge is -2.24. The van der Waals surface area contributed by atoms with Gasteiger partial charge in [0.1, 0.15) is 11.4 Å². The molecular formula is C33H42N4O2. The maximum Gasteiger partial charge on any atom is 0.253 e. The molecule has 6 heteroatoms. The quantitative estimate of drug-likeness (QED) is 0.268. The number of carbonyl (C=O) groups is 1. The van der Waals surface area contributed by atoms with Gasteiger partial charge in [0.25, 0.3) is 5.91 Å². The van der Waals surface area contributed by atoms with E-state index >= 15 is 0 Å². The molecule has 2 saturated carbocycles. The van der Waals surface area contributed by atoms with Crippen LogP contribution in [0.5, 0.6) is 5.75 Å². The normalized spacial score (nSPS) is 18.2. The molecule has 1 saturated heterocycles. The number of nitrogens with zero attached hydrogens (tertiary/aromatic N) is 4. The van der Waals surface area contributed by atoms with Crippen molar-refractivity contribution in [2.75, 3.05) is 39.8 Å². The third-order valence-electron chi connectivity index (χ3n) is 8.68. The second kappa shape index (κ2) is 12.0. The summed E-state index contributed by atoms with van der Waals surface area (Å²) in [6.45, 7) is 5.02. The van der Waals surface area contributed by atoms with Crippen molar-refractivity contribution in [2.45, 2.75) is 57.8 Å². The summed E-state index contributed by atoms with van der Waals surface area (Å²) in [5.41, 5.74) is 4.78. The van der Waals surface area contributed by atoms with Crippen LogP contribution in [0.25, 0.3) is 22.9 Å². The Morgan fingerprint density at radius 1 is 1.00 bits per heavy atom. The van der Waals surface area contributed by atoms with Crippen molar-refractivity contribution in [3.8, 4) is 17.0 Å². The van der Waals surface area contributed by atoms with Gasteiger partial charge in [0.15, 0.2) is 0 Å². The van der Waals surface area contributed by atoms with Crippen LogP contribution in [0.3, 0.4) is 0 Å². The number of ether oxygens (including phenoxy) is 1. The molecular weight excluding hydrogens is 484 g/mol. The highest BCUT2D eigenvalue weighted by Gasteiger charge is 2.27. The van der Waals surface area contributed by atoms with E-state index in [9.17, 15) is 4.79 Å². The van der Waals surface area contributed by atoms with Crippen LogP contribution in [-0.2, 0) is 0 Å². The van der Waals surface area contributed by atoms with Crippen LogP contribution in [0.4, 0.5) is 0 Å². The second-order valence-corrected chi connectivity index (χ2v) is 11.8. The molecule has 0 bridgehead atoms. The van der Waals surface area contributed by atoms with Crippen LogP contribution in [0.15, 0.2) is 48.7 Å². The number of amides is 1. The molecule has 2 aliphatic carbocycles. The largest absolute Gasteiger partial charge is 0.497 e. The van der Waals surface area contributed by atoms with E-state index < -0.39 is 0 Å². The lowest BCUT2D eigenvalue weighted by molar-refractivity contribution is 0.0747. The van der Waals surface area contributed by atoms with Crippen LogP contribution in [0, 0.1) is 11.8 Å². The lowest BCUT2D eigenvalue weighted by Crippen LogP contribution is -2.33. The maximum atomic E-state index is 13.8. The van der Waals surface area contributed by atoms with E-state index in [1.807, 2.05) is 28.9 Å². The topological polar surface area (TPSA) is 50.1 Å². The van der Waals surface area contributed by atoms with E-state index in [0.717, 1.165) is 78.0 Å². The van der Waals surface area contributed by atoms with Gasteiger partial charge in [-0.25, -0.2) is 4.52 Å². The molecule has 0 spiro atoms. The molecule has 3 fully saturated rings. The molecule has 3 aliphatic rings. The highest BCUT2D eigenvalue weighted by atomic mass is 16.5. The molecule has 206 valence electrons. The van der Waals surface area contributed by atoms with E-state index in [1.54, 1.807) is 7.11 Å². The van der Waals surface area contributed by atoms with E-state index in [1.165, 1.54) is 58.0 Å². The molecule has 0 unspecified atom stereocenters. The minimum atomic E-state index is 0.161. The molecule has 0 N–H and O–H groups in total. The predicted octanol–water partition coefficient (Wildman–Crippen LogP) is 6.55. The fourth-order valence-corrected chi connectivity index (χ4v) is 5.77. The molecule has 3 aromatic rings. The molecule has 1 amide bonds. The van der Waals surface area contributed by atoms with E-state index in [-0.39, 0.29) is 5.91 Å². The summed E-state index contributed by atoms with van der Waals surface area (Å²) in [5.74, 6) is 2.63. The average molecular weight is 527 g/mol. The predicted molar refractivity (Wildman–Crippen MR) is 157 cm³/mol. The van der Waals surface area contributed by atoms with Gasteiger partial charge in [0.05, 0.1) is 12.6 Å². The van der Waals surface area contributed by atoms with Gasteiger partial charge in [-0.1, -0.05) is 44.3 Å². The summed E-state index contributed by atoms with van der Waals surface area (Å²) in [5, 5.41) is 4.97. The number of piperidine rings is 1. The van der Waals surface area contributed by atoms with Gasteiger partial charge in [-0.15, -0.1) is 0 Å². The van der Waals surface area contributed by atoms with Gasteiger partial charge in [-0.2, -0.15) is 5.10 Å². The van der Waals surface area contributed by atoms with Gasteiger partial charge in [-0.05, 0) is 87.0 Å². The zero-order valence-electron chi connectivity index (χ0n) is 23.4. The number of fused-ring (bicyclic) bond motifs is 1. The number of hydrogen-bond donors (Lipinski definition) is 0. The number of rotatable bonds is 12. The van der Waals surface area contributed by atoms with Crippen LogP contribution in [0.2, 0.25) is 0 Å². The Bertz CT molecular complexity index is 1280. The Hall–Kier alpha value is -3.12. The molecule has 1 aromatic carbocycles. The standard InChI is InChI=1S/C33H42N4O2/c1-39-29-13-11-27(12-14-29)32-30(6-5-20-35-18-3-2-4-19-35)31-24-28(17-23-37(31)34-32)33(38)36(21-15-25-7-8-25)22-16-26-9-10-26/h5-6,11-14,17,23-26H,2-4,7-10,15-16,18-22H2,1H3/b6-5+. The number of hydrogen-bond acceptors (Lipinski definition) is 4. The van der Waals surface area contributed by atoms with Gasteiger partial charge in [0, 0.05) is 42.5 Å². The third-order valence-corrected chi connectivity index (χ3v) is 8.68. The molecule has 6 rings (SSSR count). The van der Waals surface area contributed by atoms with Crippen molar-refractivity contribution >= 4 is 17.5 Å². The van der Waals surface area contributed by atoms with Crippen LogP contribution >= 0.6 is 0 Å².